The first-order valence-electron chi connectivity index (χ1n) is 10.3. The lowest BCUT2D eigenvalue weighted by atomic mass is 10.0. The van der Waals surface area contributed by atoms with Crippen molar-refractivity contribution in [2.75, 3.05) is 13.7 Å². The van der Waals surface area contributed by atoms with E-state index < -0.39 is 12.0 Å². The molecule has 0 saturated carbocycles. The summed E-state index contributed by atoms with van der Waals surface area (Å²) in [6, 6.07) is 15.9. The van der Waals surface area contributed by atoms with E-state index >= 15 is 0 Å². The first kappa shape index (κ1) is 21.8. The maximum absolute atomic E-state index is 13.9. The summed E-state index contributed by atoms with van der Waals surface area (Å²) in [4.78, 5) is 33.0. The van der Waals surface area contributed by atoms with E-state index in [2.05, 4.69) is 0 Å². The molecule has 0 fully saturated rings. The van der Waals surface area contributed by atoms with Crippen LogP contribution in [0.4, 0.5) is 0 Å². The van der Waals surface area contributed by atoms with Gasteiger partial charge in [-0.25, -0.2) is 9.78 Å². The monoisotopic (exact) mass is 448 g/mol. The van der Waals surface area contributed by atoms with Crippen molar-refractivity contribution in [1.82, 2.24) is 9.55 Å². The van der Waals surface area contributed by atoms with Crippen molar-refractivity contribution in [2.45, 2.75) is 26.8 Å². The number of benzene rings is 2. The maximum Gasteiger partial charge on any atom is 0.333 e. The van der Waals surface area contributed by atoms with Crippen LogP contribution in [0.1, 0.15) is 29.2 Å². The van der Waals surface area contributed by atoms with Crippen LogP contribution in [-0.2, 0) is 9.53 Å². The minimum atomic E-state index is -0.918. The normalized spacial score (nSPS) is 12.0. The molecule has 32 heavy (non-hydrogen) atoms. The van der Waals surface area contributed by atoms with Crippen LogP contribution in [0.15, 0.2) is 59.4 Å². The molecular weight excluding hydrogens is 424 g/mol. The lowest BCUT2D eigenvalue weighted by Gasteiger charge is -2.20. The van der Waals surface area contributed by atoms with Gasteiger partial charge in [-0.15, -0.1) is 11.3 Å². The number of hydrogen-bond acceptors (Lipinski definition) is 6. The van der Waals surface area contributed by atoms with Gasteiger partial charge in [0.05, 0.1) is 19.1 Å². The largest absolute Gasteiger partial charge is 0.494 e. The quantitative estimate of drug-likeness (QED) is 0.392. The Bertz CT molecular complexity index is 1320. The third-order valence-electron chi connectivity index (χ3n) is 5.36. The molecule has 0 N–H and O–H groups in total. The second-order valence-electron chi connectivity index (χ2n) is 7.34. The minimum absolute atomic E-state index is 0.264. The summed E-state index contributed by atoms with van der Waals surface area (Å²) < 4.78 is 12.0. The van der Waals surface area contributed by atoms with Crippen LogP contribution >= 0.6 is 11.3 Å². The fourth-order valence-corrected chi connectivity index (χ4v) is 5.03. The van der Waals surface area contributed by atoms with Crippen LogP contribution in [-0.4, -0.2) is 29.2 Å². The van der Waals surface area contributed by atoms with E-state index in [0.717, 1.165) is 21.8 Å². The Morgan fingerprint density at radius 1 is 1.09 bits per heavy atom. The highest BCUT2D eigenvalue weighted by Crippen LogP contribution is 2.37. The van der Waals surface area contributed by atoms with Crippen molar-refractivity contribution in [3.8, 4) is 16.9 Å². The molecule has 1 atom stereocenters. The number of rotatable bonds is 6. The number of esters is 1. The van der Waals surface area contributed by atoms with E-state index in [-0.39, 0.29) is 5.56 Å². The second-order valence-corrected chi connectivity index (χ2v) is 8.54. The van der Waals surface area contributed by atoms with Crippen molar-refractivity contribution in [1.29, 1.82) is 0 Å². The van der Waals surface area contributed by atoms with Crippen LogP contribution in [0.3, 0.4) is 0 Å². The van der Waals surface area contributed by atoms with Gasteiger partial charge in [-0.3, -0.25) is 9.36 Å². The van der Waals surface area contributed by atoms with Crippen LogP contribution in [0, 0.1) is 13.8 Å². The van der Waals surface area contributed by atoms with E-state index in [1.807, 2.05) is 68.4 Å². The van der Waals surface area contributed by atoms with E-state index in [9.17, 15) is 9.59 Å². The Kier molecular flexibility index (Phi) is 6.10. The molecule has 0 spiro atoms. The molecule has 4 aromatic rings. The molecule has 6 nitrogen and oxygen atoms in total. The van der Waals surface area contributed by atoms with Crippen LogP contribution in [0.25, 0.3) is 21.3 Å². The third-order valence-corrected chi connectivity index (χ3v) is 6.36. The zero-order valence-corrected chi connectivity index (χ0v) is 19.2. The molecule has 164 valence electrons. The summed E-state index contributed by atoms with van der Waals surface area (Å²) >= 11 is 1.47. The fraction of sp³-hybridized carbons (Fsp3) is 0.240. The molecule has 0 aliphatic rings. The molecule has 0 aliphatic heterocycles. The predicted molar refractivity (Wildman–Crippen MR) is 127 cm³/mol. The van der Waals surface area contributed by atoms with E-state index in [4.69, 9.17) is 14.5 Å². The van der Waals surface area contributed by atoms with E-state index in [1.54, 1.807) is 6.92 Å². The highest BCUT2D eigenvalue weighted by molar-refractivity contribution is 7.19. The van der Waals surface area contributed by atoms with Crippen LogP contribution in [0.2, 0.25) is 0 Å². The Hall–Kier alpha value is -3.45. The second kappa shape index (κ2) is 8.96. The molecule has 0 aliphatic carbocycles. The highest BCUT2D eigenvalue weighted by Gasteiger charge is 2.29. The Balaban J connectivity index is 1.97. The maximum atomic E-state index is 13.9. The number of carbonyl (C=O) groups excluding carboxylic acids is 1. The summed E-state index contributed by atoms with van der Waals surface area (Å²) in [5.74, 6) is 0.716. The van der Waals surface area contributed by atoms with Gasteiger partial charge in [-0.1, -0.05) is 42.5 Å². The van der Waals surface area contributed by atoms with Crippen LogP contribution < -0.4 is 10.3 Å². The third kappa shape index (κ3) is 3.80. The van der Waals surface area contributed by atoms with Gasteiger partial charge in [0.1, 0.15) is 16.4 Å². The van der Waals surface area contributed by atoms with Gasteiger partial charge < -0.3 is 9.47 Å². The van der Waals surface area contributed by atoms with Gasteiger partial charge in [0.2, 0.25) is 0 Å². The molecule has 0 radical (unpaired) electrons. The first-order valence-corrected chi connectivity index (χ1v) is 11.2. The topological polar surface area (TPSA) is 70.4 Å². The van der Waals surface area contributed by atoms with Crippen molar-refractivity contribution in [3.05, 3.63) is 81.2 Å². The van der Waals surface area contributed by atoms with Crippen molar-refractivity contribution >= 4 is 27.5 Å². The minimum Gasteiger partial charge on any atom is -0.494 e. The summed E-state index contributed by atoms with van der Waals surface area (Å²) in [5.41, 5.74) is 2.14. The molecule has 4 rings (SSSR count). The molecule has 0 saturated heterocycles. The number of thiophene rings is 1. The summed E-state index contributed by atoms with van der Waals surface area (Å²) in [6.07, 6.45) is 0. The zero-order valence-electron chi connectivity index (χ0n) is 18.4. The molecule has 2 aromatic carbocycles. The molecule has 2 aromatic heterocycles. The molecule has 0 bridgehead atoms. The molecule has 1 unspecified atom stereocenters. The first-order chi connectivity index (χ1) is 15.5. The zero-order chi connectivity index (χ0) is 22.8. The van der Waals surface area contributed by atoms with E-state index in [1.165, 1.54) is 23.0 Å². The predicted octanol–water partition coefficient (Wildman–Crippen LogP) is 4.90. The summed E-state index contributed by atoms with van der Waals surface area (Å²) in [7, 11) is 1.32. The van der Waals surface area contributed by atoms with Gasteiger partial charge in [0, 0.05) is 10.4 Å². The van der Waals surface area contributed by atoms with Crippen molar-refractivity contribution < 1.29 is 14.3 Å². The average molecular weight is 449 g/mol. The van der Waals surface area contributed by atoms with Gasteiger partial charge >= 0.3 is 5.97 Å². The molecular formula is C25H24N2O4S. The van der Waals surface area contributed by atoms with Gasteiger partial charge in [0.15, 0.2) is 6.04 Å². The number of fused-ring (bicyclic) bond motifs is 1. The number of methoxy groups -OCH3 is 1. The molecule has 0 amide bonds. The Morgan fingerprint density at radius 3 is 2.41 bits per heavy atom. The van der Waals surface area contributed by atoms with E-state index in [0.29, 0.717) is 28.2 Å². The summed E-state index contributed by atoms with van der Waals surface area (Å²) in [6.45, 7) is 6.24. The molecule has 7 heteroatoms. The lowest BCUT2D eigenvalue weighted by molar-refractivity contribution is -0.143. The van der Waals surface area contributed by atoms with Crippen LogP contribution in [0.5, 0.6) is 5.75 Å². The molecule has 2 heterocycles. The standard InChI is InChI=1S/C25H24N2O4S/c1-5-31-19-13-11-17(12-14-19)20-15(2)32-23-21(20)24(28)27(16(3)26-23)22(25(29)30-4)18-9-7-6-8-10-18/h6-14,22H,5H2,1-4H3. The number of ether oxygens (including phenoxy) is 2. The fourth-order valence-electron chi connectivity index (χ4n) is 3.95. The SMILES string of the molecule is CCOc1ccc(-c2c(C)sc3nc(C)n(C(C(=O)OC)c4ccccc4)c(=O)c23)cc1. The smallest absolute Gasteiger partial charge is 0.333 e. The van der Waals surface area contributed by atoms with Crippen molar-refractivity contribution in [2.24, 2.45) is 0 Å². The highest BCUT2D eigenvalue weighted by atomic mass is 32.1. The number of hydrogen-bond donors (Lipinski definition) is 0. The average Bonchev–Trinajstić information content (AvgIpc) is 3.13. The Morgan fingerprint density at radius 2 is 1.78 bits per heavy atom. The van der Waals surface area contributed by atoms with Crippen molar-refractivity contribution in [3.63, 3.8) is 0 Å². The van der Waals surface area contributed by atoms with Gasteiger partial charge in [-0.2, -0.15) is 0 Å². The Labute approximate surface area is 190 Å². The summed E-state index contributed by atoms with van der Waals surface area (Å²) in [5, 5.41) is 0.507. The number of carbonyl (C=O) groups is 1. The van der Waals surface area contributed by atoms with Gasteiger partial charge in [0.25, 0.3) is 5.56 Å². The number of aryl methyl sites for hydroxylation is 2. The number of nitrogens with zero attached hydrogens (tertiary/aromatic N) is 2. The lowest BCUT2D eigenvalue weighted by Crippen LogP contribution is -2.33. The van der Waals surface area contributed by atoms with Gasteiger partial charge in [-0.05, 0) is 44.0 Å². The number of aromatic nitrogens is 2.